The molecule has 1 aliphatic heterocycles. The maximum Gasteiger partial charge on any atom is 0.0951 e. The number of quaternary nitrogens is 1. The van der Waals surface area contributed by atoms with Crippen LogP contribution in [0.1, 0.15) is 26.2 Å². The number of piperazine rings is 1. The van der Waals surface area contributed by atoms with Crippen molar-refractivity contribution in [1.29, 1.82) is 0 Å². The van der Waals surface area contributed by atoms with Crippen LogP contribution < -0.4 is 9.80 Å². The average Bonchev–Trinajstić information content (AvgIpc) is 2.87. The van der Waals surface area contributed by atoms with Crippen LogP contribution in [0.3, 0.4) is 0 Å². The first-order valence-electron chi connectivity index (χ1n) is 7.57. The zero-order valence-corrected chi connectivity index (χ0v) is 12.5. The fourth-order valence-electron chi connectivity index (χ4n) is 3.69. The Morgan fingerprint density at radius 3 is 2.37 bits per heavy atom. The smallest absolute Gasteiger partial charge is 0.0951 e. The number of nitrogens with one attached hydrogen (secondary N) is 1. The molecule has 3 rings (SSSR count). The van der Waals surface area contributed by atoms with Crippen molar-refractivity contribution < 1.29 is 4.90 Å². The van der Waals surface area contributed by atoms with Crippen molar-refractivity contribution >= 4 is 17.3 Å². The van der Waals surface area contributed by atoms with Gasteiger partial charge in [0.25, 0.3) is 0 Å². The lowest BCUT2D eigenvalue weighted by Gasteiger charge is -2.36. The van der Waals surface area contributed by atoms with E-state index in [1.807, 2.05) is 17.0 Å². The van der Waals surface area contributed by atoms with Crippen LogP contribution in [0.25, 0.3) is 0 Å². The zero-order valence-electron chi connectivity index (χ0n) is 11.7. The second-order valence-electron chi connectivity index (χ2n) is 6.24. The van der Waals surface area contributed by atoms with E-state index in [4.69, 9.17) is 11.6 Å². The van der Waals surface area contributed by atoms with Crippen LogP contribution >= 0.6 is 11.6 Å². The molecule has 104 valence electrons. The molecule has 0 bridgehead atoms. The molecule has 3 heteroatoms. The van der Waals surface area contributed by atoms with Crippen LogP contribution in [0.5, 0.6) is 0 Å². The number of hydrogen-bond donors (Lipinski definition) is 1. The summed E-state index contributed by atoms with van der Waals surface area (Å²) >= 11 is 5.95. The Kier molecular flexibility index (Phi) is 3.99. The van der Waals surface area contributed by atoms with Crippen LogP contribution in [-0.4, -0.2) is 32.2 Å². The molecule has 2 atom stereocenters. The molecule has 2 nitrogen and oxygen atoms in total. The molecule has 2 aliphatic rings. The third-order valence-corrected chi connectivity index (χ3v) is 5.12. The summed E-state index contributed by atoms with van der Waals surface area (Å²) in [5, 5.41) is 0.827. The number of rotatable bonds is 2. The number of halogens is 1. The van der Waals surface area contributed by atoms with Gasteiger partial charge in [-0.05, 0) is 43.0 Å². The Morgan fingerprint density at radius 1 is 1.11 bits per heavy atom. The van der Waals surface area contributed by atoms with Crippen molar-refractivity contribution in [3.05, 3.63) is 29.3 Å². The number of benzene rings is 1. The van der Waals surface area contributed by atoms with Gasteiger partial charge in [-0.3, -0.25) is 0 Å². The molecule has 0 aromatic heterocycles. The summed E-state index contributed by atoms with van der Waals surface area (Å²) in [7, 11) is 0. The highest BCUT2D eigenvalue weighted by Crippen LogP contribution is 2.23. The predicted octanol–water partition coefficient (Wildman–Crippen LogP) is 2.23. The normalized spacial score (nSPS) is 28.8. The first-order chi connectivity index (χ1) is 9.22. The molecule has 1 heterocycles. The van der Waals surface area contributed by atoms with Gasteiger partial charge < -0.3 is 9.80 Å². The first kappa shape index (κ1) is 13.3. The number of nitrogens with zero attached hydrogens (tertiary/aromatic N) is 1. The fraction of sp³-hybridized carbons (Fsp3) is 0.625. The monoisotopic (exact) mass is 279 g/mol. The molecule has 0 amide bonds. The maximum absolute atomic E-state index is 5.95. The highest BCUT2D eigenvalue weighted by molar-refractivity contribution is 6.30. The van der Waals surface area contributed by atoms with Gasteiger partial charge in [0.15, 0.2) is 0 Å². The van der Waals surface area contributed by atoms with E-state index in [2.05, 4.69) is 24.0 Å². The van der Waals surface area contributed by atoms with E-state index in [-0.39, 0.29) is 0 Å². The van der Waals surface area contributed by atoms with Gasteiger partial charge in [0.2, 0.25) is 0 Å². The molecule has 1 aliphatic carbocycles. The lowest BCUT2D eigenvalue weighted by atomic mass is 10.1. The van der Waals surface area contributed by atoms with Crippen LogP contribution in [0, 0.1) is 5.92 Å². The zero-order chi connectivity index (χ0) is 13.2. The molecular weight excluding hydrogens is 256 g/mol. The van der Waals surface area contributed by atoms with Gasteiger partial charge in [-0.2, -0.15) is 0 Å². The molecule has 1 saturated carbocycles. The Labute approximate surface area is 121 Å². The maximum atomic E-state index is 5.95. The van der Waals surface area contributed by atoms with Crippen molar-refractivity contribution in [2.24, 2.45) is 5.92 Å². The molecule has 1 aromatic rings. The van der Waals surface area contributed by atoms with E-state index in [9.17, 15) is 0 Å². The topological polar surface area (TPSA) is 7.68 Å². The minimum absolute atomic E-state index is 0.827. The molecule has 0 spiro atoms. The van der Waals surface area contributed by atoms with Crippen molar-refractivity contribution in [3.63, 3.8) is 0 Å². The molecule has 0 radical (unpaired) electrons. The first-order valence-corrected chi connectivity index (χ1v) is 7.95. The van der Waals surface area contributed by atoms with Crippen LogP contribution in [-0.2, 0) is 0 Å². The summed E-state index contributed by atoms with van der Waals surface area (Å²) in [4.78, 5) is 4.34. The van der Waals surface area contributed by atoms with E-state index in [1.165, 1.54) is 51.1 Å². The average molecular weight is 280 g/mol. The summed E-state index contributed by atoms with van der Waals surface area (Å²) in [6, 6.07) is 9.21. The van der Waals surface area contributed by atoms with Gasteiger partial charge in [0, 0.05) is 17.1 Å². The third-order valence-electron chi connectivity index (χ3n) is 4.87. The van der Waals surface area contributed by atoms with Crippen molar-refractivity contribution in [2.75, 3.05) is 31.1 Å². The van der Waals surface area contributed by atoms with Gasteiger partial charge in [0.05, 0.1) is 32.2 Å². The van der Waals surface area contributed by atoms with Crippen LogP contribution in [0.15, 0.2) is 24.3 Å². The van der Waals surface area contributed by atoms with E-state index in [0.29, 0.717) is 0 Å². The number of hydrogen-bond acceptors (Lipinski definition) is 1. The predicted molar refractivity (Wildman–Crippen MR) is 81.2 cm³/mol. The van der Waals surface area contributed by atoms with Gasteiger partial charge >= 0.3 is 0 Å². The van der Waals surface area contributed by atoms with E-state index >= 15 is 0 Å². The SMILES string of the molecule is C[C@@H]1CC[C@@H]([NH+]2CCN(c3ccc(Cl)cc3)CC2)C1. The van der Waals surface area contributed by atoms with Gasteiger partial charge in [-0.15, -0.1) is 0 Å². The van der Waals surface area contributed by atoms with Crippen molar-refractivity contribution in [1.82, 2.24) is 0 Å². The Bertz CT molecular complexity index is 409. The minimum Gasteiger partial charge on any atom is -0.360 e. The largest absolute Gasteiger partial charge is 0.360 e. The molecule has 0 unspecified atom stereocenters. The van der Waals surface area contributed by atoms with Crippen LogP contribution in [0.2, 0.25) is 5.02 Å². The fourth-order valence-corrected chi connectivity index (χ4v) is 3.82. The molecule has 1 N–H and O–H groups in total. The molecule has 1 aromatic carbocycles. The minimum atomic E-state index is 0.827. The Balaban J connectivity index is 1.56. The van der Waals surface area contributed by atoms with Crippen molar-refractivity contribution in [2.45, 2.75) is 32.2 Å². The quantitative estimate of drug-likeness (QED) is 0.872. The summed E-state index contributed by atoms with van der Waals surface area (Å²) in [6.07, 6.45) is 4.32. The summed E-state index contributed by atoms with van der Waals surface area (Å²) in [5.41, 5.74) is 1.32. The lowest BCUT2D eigenvalue weighted by molar-refractivity contribution is -0.925. The Morgan fingerprint density at radius 2 is 1.79 bits per heavy atom. The lowest BCUT2D eigenvalue weighted by Crippen LogP contribution is -3.18. The number of anilines is 1. The molecule has 2 fully saturated rings. The standard InChI is InChI=1S/C16H23ClN2/c1-13-2-5-16(12-13)19-10-8-18(9-11-19)15-6-3-14(17)4-7-15/h3-4,6-7,13,16H,2,5,8-12H2,1H3/p+1/t13-,16-/m1/s1. The summed E-state index contributed by atoms with van der Waals surface area (Å²) in [5.74, 6) is 0.951. The highest BCUT2D eigenvalue weighted by Gasteiger charge is 2.32. The second-order valence-corrected chi connectivity index (χ2v) is 6.67. The molecular formula is C16H24ClN2+. The van der Waals surface area contributed by atoms with Gasteiger partial charge in [-0.1, -0.05) is 18.5 Å². The molecule has 19 heavy (non-hydrogen) atoms. The Hall–Kier alpha value is -0.730. The summed E-state index contributed by atoms with van der Waals surface area (Å²) in [6.45, 7) is 7.35. The van der Waals surface area contributed by atoms with E-state index in [1.54, 1.807) is 0 Å². The van der Waals surface area contributed by atoms with E-state index < -0.39 is 0 Å². The third kappa shape index (κ3) is 3.06. The van der Waals surface area contributed by atoms with Gasteiger partial charge in [0.1, 0.15) is 0 Å². The van der Waals surface area contributed by atoms with Crippen LogP contribution in [0.4, 0.5) is 5.69 Å². The van der Waals surface area contributed by atoms with E-state index in [0.717, 1.165) is 17.0 Å². The second kappa shape index (κ2) is 5.72. The van der Waals surface area contributed by atoms with Gasteiger partial charge in [-0.25, -0.2) is 0 Å². The summed E-state index contributed by atoms with van der Waals surface area (Å²) < 4.78 is 0. The molecule has 1 saturated heterocycles. The van der Waals surface area contributed by atoms with Crippen molar-refractivity contribution in [3.8, 4) is 0 Å². The highest BCUT2D eigenvalue weighted by atomic mass is 35.5.